The van der Waals surface area contributed by atoms with Crippen LogP contribution in [0.4, 0.5) is 10.1 Å². The topological polar surface area (TPSA) is 41.1 Å². The van der Waals surface area contributed by atoms with E-state index in [1.807, 2.05) is 25.1 Å². The Labute approximate surface area is 123 Å². The first-order chi connectivity index (χ1) is 10.1. The number of hydrogen-bond acceptors (Lipinski definition) is 2. The molecule has 0 saturated heterocycles. The van der Waals surface area contributed by atoms with Gasteiger partial charge in [-0.15, -0.1) is 0 Å². The Kier molecular flexibility index (Phi) is 3.71. The maximum absolute atomic E-state index is 13.7. The molecular weight excluding hydrogens is 267 g/mol. The van der Waals surface area contributed by atoms with E-state index >= 15 is 0 Å². The highest BCUT2D eigenvalue weighted by Crippen LogP contribution is 2.19. The van der Waals surface area contributed by atoms with E-state index in [-0.39, 0.29) is 17.6 Å². The number of anilines is 1. The fourth-order valence-corrected chi connectivity index (χ4v) is 2.59. The molecule has 3 rings (SSSR count). The summed E-state index contributed by atoms with van der Waals surface area (Å²) in [7, 11) is 0. The van der Waals surface area contributed by atoms with Crippen LogP contribution in [0, 0.1) is 12.7 Å². The first-order valence-electron chi connectivity index (χ1n) is 7.00. The van der Waals surface area contributed by atoms with Crippen LogP contribution < -0.4 is 10.6 Å². The highest BCUT2D eigenvalue weighted by atomic mass is 19.1. The van der Waals surface area contributed by atoms with Crippen molar-refractivity contribution in [3.8, 4) is 0 Å². The van der Waals surface area contributed by atoms with E-state index in [0.29, 0.717) is 13.0 Å². The minimum atomic E-state index is -0.412. The molecule has 1 atom stereocenters. The van der Waals surface area contributed by atoms with Crippen LogP contribution in [0.2, 0.25) is 0 Å². The molecule has 0 radical (unpaired) electrons. The Morgan fingerprint density at radius 3 is 2.81 bits per heavy atom. The zero-order valence-corrected chi connectivity index (χ0v) is 11.8. The van der Waals surface area contributed by atoms with Crippen molar-refractivity contribution in [1.29, 1.82) is 0 Å². The number of halogens is 1. The molecule has 3 nitrogen and oxygen atoms in total. The summed E-state index contributed by atoms with van der Waals surface area (Å²) in [5.74, 6) is -0.612. The molecule has 108 valence electrons. The molecule has 2 N–H and O–H groups in total. The number of carbonyl (C=O) groups is 1. The minimum absolute atomic E-state index is 0.200. The van der Waals surface area contributed by atoms with Crippen LogP contribution in [-0.2, 0) is 17.8 Å². The van der Waals surface area contributed by atoms with Gasteiger partial charge in [0.05, 0.1) is 11.7 Å². The summed E-state index contributed by atoms with van der Waals surface area (Å²) in [5.41, 5.74) is 3.53. The fourth-order valence-electron chi connectivity index (χ4n) is 2.59. The van der Waals surface area contributed by atoms with Crippen molar-refractivity contribution in [1.82, 2.24) is 5.32 Å². The van der Waals surface area contributed by atoms with Crippen molar-refractivity contribution in [3.63, 3.8) is 0 Å². The van der Waals surface area contributed by atoms with Gasteiger partial charge < -0.3 is 10.6 Å². The number of fused-ring (bicyclic) bond motifs is 1. The first kappa shape index (κ1) is 13.8. The average Bonchev–Trinajstić information content (AvgIpc) is 2.50. The third-order valence-corrected chi connectivity index (χ3v) is 3.78. The summed E-state index contributed by atoms with van der Waals surface area (Å²) in [6.45, 7) is 2.52. The Balaban J connectivity index is 1.74. The van der Waals surface area contributed by atoms with E-state index in [1.54, 1.807) is 12.1 Å². The zero-order chi connectivity index (χ0) is 14.8. The van der Waals surface area contributed by atoms with Crippen LogP contribution in [-0.4, -0.2) is 11.9 Å². The van der Waals surface area contributed by atoms with E-state index in [0.717, 1.165) is 5.56 Å². The van der Waals surface area contributed by atoms with Gasteiger partial charge in [-0.3, -0.25) is 4.79 Å². The summed E-state index contributed by atoms with van der Waals surface area (Å²) in [6.07, 6.45) is 0.620. The summed E-state index contributed by atoms with van der Waals surface area (Å²) >= 11 is 0. The van der Waals surface area contributed by atoms with Gasteiger partial charge in [0.1, 0.15) is 5.82 Å². The van der Waals surface area contributed by atoms with Gasteiger partial charge in [0.25, 0.3) is 0 Å². The summed E-state index contributed by atoms with van der Waals surface area (Å²) in [6, 6.07) is 12.4. The van der Waals surface area contributed by atoms with Crippen LogP contribution in [0.25, 0.3) is 0 Å². The van der Waals surface area contributed by atoms with Gasteiger partial charge in [-0.2, -0.15) is 0 Å². The molecule has 2 aromatic carbocycles. The second-order valence-corrected chi connectivity index (χ2v) is 5.38. The maximum Gasteiger partial charge on any atom is 0.241 e. The van der Waals surface area contributed by atoms with Crippen molar-refractivity contribution in [2.45, 2.75) is 25.9 Å². The highest BCUT2D eigenvalue weighted by molar-refractivity contribution is 5.95. The van der Waals surface area contributed by atoms with E-state index in [1.165, 1.54) is 17.2 Å². The normalized spacial score (nSPS) is 17.1. The van der Waals surface area contributed by atoms with Crippen molar-refractivity contribution in [2.24, 2.45) is 0 Å². The minimum Gasteiger partial charge on any atom is -0.322 e. The molecule has 1 aliphatic rings. The van der Waals surface area contributed by atoms with Crippen molar-refractivity contribution >= 4 is 11.6 Å². The summed E-state index contributed by atoms with van der Waals surface area (Å²) < 4.78 is 13.7. The molecular formula is C17H17FN2O. The predicted octanol–water partition coefficient (Wildman–Crippen LogP) is 2.79. The van der Waals surface area contributed by atoms with Gasteiger partial charge in [-0.25, -0.2) is 4.39 Å². The van der Waals surface area contributed by atoms with Crippen LogP contribution in [0.3, 0.4) is 0 Å². The molecule has 0 bridgehead atoms. The molecule has 1 aliphatic heterocycles. The van der Waals surface area contributed by atoms with Crippen molar-refractivity contribution in [3.05, 3.63) is 65.0 Å². The lowest BCUT2D eigenvalue weighted by molar-refractivity contribution is -0.118. The smallest absolute Gasteiger partial charge is 0.241 e. The standard InChI is InChI=1S/C17H17FN2O/c1-11-6-7-14(18)15(8-11)20-17(21)16-9-12-4-2-3-5-13(12)10-19-16/h2-8,16,19H,9-10H2,1H3,(H,20,21)/t16-/m0/s1. The van der Waals surface area contributed by atoms with Gasteiger partial charge in [0, 0.05) is 6.54 Å². The first-order valence-corrected chi connectivity index (χ1v) is 7.00. The second kappa shape index (κ2) is 5.66. The lowest BCUT2D eigenvalue weighted by Gasteiger charge is -2.25. The Bertz CT molecular complexity index is 684. The number of amides is 1. The van der Waals surface area contributed by atoms with Crippen LogP contribution >= 0.6 is 0 Å². The predicted molar refractivity (Wildman–Crippen MR) is 80.5 cm³/mol. The average molecular weight is 284 g/mol. The number of rotatable bonds is 2. The fraction of sp³-hybridized carbons (Fsp3) is 0.235. The number of hydrogen-bond donors (Lipinski definition) is 2. The molecule has 0 aliphatic carbocycles. The molecule has 0 fully saturated rings. The van der Waals surface area contributed by atoms with E-state index in [4.69, 9.17) is 0 Å². The summed E-state index contributed by atoms with van der Waals surface area (Å²) in [5, 5.41) is 5.87. The van der Waals surface area contributed by atoms with Crippen LogP contribution in [0.1, 0.15) is 16.7 Å². The van der Waals surface area contributed by atoms with E-state index in [9.17, 15) is 9.18 Å². The van der Waals surface area contributed by atoms with Gasteiger partial charge >= 0.3 is 0 Å². The zero-order valence-electron chi connectivity index (χ0n) is 11.8. The van der Waals surface area contributed by atoms with Gasteiger partial charge in [-0.1, -0.05) is 30.3 Å². The van der Waals surface area contributed by atoms with E-state index in [2.05, 4.69) is 16.7 Å². The number of nitrogens with one attached hydrogen (secondary N) is 2. The lowest BCUT2D eigenvalue weighted by Crippen LogP contribution is -2.44. The number of benzene rings is 2. The number of carbonyl (C=O) groups excluding carboxylic acids is 1. The lowest BCUT2D eigenvalue weighted by atomic mass is 9.95. The quantitative estimate of drug-likeness (QED) is 0.890. The van der Waals surface area contributed by atoms with Gasteiger partial charge in [0.15, 0.2) is 0 Å². The van der Waals surface area contributed by atoms with Crippen molar-refractivity contribution < 1.29 is 9.18 Å². The maximum atomic E-state index is 13.7. The molecule has 4 heteroatoms. The molecule has 0 unspecified atom stereocenters. The highest BCUT2D eigenvalue weighted by Gasteiger charge is 2.24. The second-order valence-electron chi connectivity index (χ2n) is 5.38. The van der Waals surface area contributed by atoms with Crippen LogP contribution in [0.15, 0.2) is 42.5 Å². The molecule has 1 amide bonds. The SMILES string of the molecule is Cc1ccc(F)c(NC(=O)[C@@H]2Cc3ccccc3CN2)c1. The third kappa shape index (κ3) is 2.95. The van der Waals surface area contributed by atoms with Gasteiger partial charge in [0.2, 0.25) is 5.91 Å². The van der Waals surface area contributed by atoms with E-state index < -0.39 is 5.82 Å². The van der Waals surface area contributed by atoms with Crippen LogP contribution in [0.5, 0.6) is 0 Å². The third-order valence-electron chi connectivity index (χ3n) is 3.78. The van der Waals surface area contributed by atoms with Gasteiger partial charge in [-0.05, 0) is 42.2 Å². The Morgan fingerprint density at radius 2 is 2.00 bits per heavy atom. The molecule has 2 aromatic rings. The molecule has 21 heavy (non-hydrogen) atoms. The van der Waals surface area contributed by atoms with Crippen molar-refractivity contribution in [2.75, 3.05) is 5.32 Å². The molecule has 0 saturated carbocycles. The molecule has 0 spiro atoms. The summed E-state index contributed by atoms with van der Waals surface area (Å²) in [4.78, 5) is 12.3. The molecule has 0 aromatic heterocycles. The Hall–Kier alpha value is -2.20. The number of aryl methyl sites for hydroxylation is 1. The molecule has 1 heterocycles. The largest absolute Gasteiger partial charge is 0.322 e. The Morgan fingerprint density at radius 1 is 1.24 bits per heavy atom. The monoisotopic (exact) mass is 284 g/mol.